The van der Waals surface area contributed by atoms with Gasteiger partial charge in [0.05, 0.1) is 6.61 Å². The second-order valence-corrected chi connectivity index (χ2v) is 5.32. The van der Waals surface area contributed by atoms with Gasteiger partial charge in [-0.25, -0.2) is 4.98 Å². The number of pyridine rings is 1. The fourth-order valence-electron chi connectivity index (χ4n) is 2.11. The molecular weight excluding hydrogens is 212 g/mol. The minimum absolute atomic E-state index is 0.0890. The zero-order valence-electron chi connectivity index (χ0n) is 11.0. The Morgan fingerprint density at radius 1 is 1.41 bits per heavy atom. The van der Waals surface area contributed by atoms with Crippen molar-refractivity contribution in [1.82, 2.24) is 4.98 Å². The highest BCUT2D eigenvalue weighted by molar-refractivity contribution is 5.43. The van der Waals surface area contributed by atoms with Crippen LogP contribution in [0.5, 0.6) is 0 Å². The molecule has 3 nitrogen and oxygen atoms in total. The molecule has 0 radical (unpaired) electrons. The molecule has 0 unspecified atom stereocenters. The van der Waals surface area contributed by atoms with Gasteiger partial charge < -0.3 is 10.0 Å². The third-order valence-corrected chi connectivity index (χ3v) is 3.25. The van der Waals surface area contributed by atoms with Gasteiger partial charge in [-0.3, -0.25) is 0 Å². The topological polar surface area (TPSA) is 36.4 Å². The minimum Gasteiger partial charge on any atom is -0.392 e. The number of hydrogen-bond acceptors (Lipinski definition) is 3. The van der Waals surface area contributed by atoms with Gasteiger partial charge in [0, 0.05) is 18.3 Å². The molecule has 1 fully saturated rings. The molecule has 0 spiro atoms. The maximum atomic E-state index is 9.25. The summed E-state index contributed by atoms with van der Waals surface area (Å²) in [5, 5.41) is 9.25. The minimum atomic E-state index is 0.0890. The number of aryl methyl sites for hydroxylation is 1. The van der Waals surface area contributed by atoms with E-state index in [4.69, 9.17) is 0 Å². The fourth-order valence-corrected chi connectivity index (χ4v) is 2.11. The lowest BCUT2D eigenvalue weighted by molar-refractivity contribution is 0.281. The van der Waals surface area contributed by atoms with Crippen LogP contribution < -0.4 is 4.90 Å². The summed E-state index contributed by atoms with van der Waals surface area (Å²) >= 11 is 0. The SMILES string of the molecule is Cc1cc(CO)cc(N(CC2CC2)C(C)C)n1. The highest BCUT2D eigenvalue weighted by Gasteiger charge is 2.26. The summed E-state index contributed by atoms with van der Waals surface area (Å²) in [6.45, 7) is 7.57. The van der Waals surface area contributed by atoms with E-state index in [2.05, 4.69) is 23.7 Å². The summed E-state index contributed by atoms with van der Waals surface area (Å²) in [6, 6.07) is 4.41. The van der Waals surface area contributed by atoms with Crippen LogP contribution in [0.4, 0.5) is 5.82 Å². The molecule has 1 aromatic heterocycles. The molecule has 0 amide bonds. The summed E-state index contributed by atoms with van der Waals surface area (Å²) in [7, 11) is 0. The number of hydrogen-bond donors (Lipinski definition) is 1. The average molecular weight is 234 g/mol. The van der Waals surface area contributed by atoms with Crippen molar-refractivity contribution >= 4 is 5.82 Å². The van der Waals surface area contributed by atoms with Gasteiger partial charge in [0.25, 0.3) is 0 Å². The zero-order valence-corrected chi connectivity index (χ0v) is 11.0. The van der Waals surface area contributed by atoms with Crippen molar-refractivity contribution in [3.8, 4) is 0 Å². The highest BCUT2D eigenvalue weighted by Crippen LogP contribution is 2.32. The predicted octanol–water partition coefficient (Wildman–Crippen LogP) is 2.51. The number of anilines is 1. The Labute approximate surface area is 103 Å². The molecule has 1 aliphatic rings. The monoisotopic (exact) mass is 234 g/mol. The first-order chi connectivity index (χ1) is 8.10. The van der Waals surface area contributed by atoms with Gasteiger partial charge in [0.1, 0.15) is 5.82 Å². The molecule has 17 heavy (non-hydrogen) atoms. The van der Waals surface area contributed by atoms with E-state index in [0.717, 1.165) is 29.5 Å². The number of aliphatic hydroxyl groups excluding tert-OH is 1. The Hall–Kier alpha value is -1.09. The Morgan fingerprint density at radius 2 is 2.12 bits per heavy atom. The lowest BCUT2D eigenvalue weighted by atomic mass is 10.2. The standard InChI is InChI=1S/C14H22N2O/c1-10(2)16(8-12-4-5-12)14-7-13(9-17)6-11(3)15-14/h6-7,10,12,17H,4-5,8-9H2,1-3H3. The highest BCUT2D eigenvalue weighted by atomic mass is 16.3. The number of rotatable bonds is 5. The Morgan fingerprint density at radius 3 is 2.65 bits per heavy atom. The van der Waals surface area contributed by atoms with Crippen molar-refractivity contribution in [2.75, 3.05) is 11.4 Å². The van der Waals surface area contributed by atoms with Crippen molar-refractivity contribution in [3.05, 3.63) is 23.4 Å². The molecule has 1 saturated carbocycles. The molecule has 1 heterocycles. The molecular formula is C14H22N2O. The van der Waals surface area contributed by atoms with Crippen molar-refractivity contribution < 1.29 is 5.11 Å². The van der Waals surface area contributed by atoms with Crippen LogP contribution in [0.15, 0.2) is 12.1 Å². The predicted molar refractivity (Wildman–Crippen MR) is 70.1 cm³/mol. The van der Waals surface area contributed by atoms with Crippen LogP contribution >= 0.6 is 0 Å². The van der Waals surface area contributed by atoms with Gasteiger partial charge in [-0.1, -0.05) is 0 Å². The molecule has 2 rings (SSSR count). The summed E-state index contributed by atoms with van der Waals surface area (Å²) in [5.41, 5.74) is 1.93. The van der Waals surface area contributed by atoms with Gasteiger partial charge in [-0.15, -0.1) is 0 Å². The van der Waals surface area contributed by atoms with Crippen molar-refractivity contribution in [2.24, 2.45) is 5.92 Å². The second-order valence-electron chi connectivity index (χ2n) is 5.32. The molecule has 0 saturated heterocycles. The lowest BCUT2D eigenvalue weighted by Gasteiger charge is -2.28. The molecule has 0 atom stereocenters. The van der Waals surface area contributed by atoms with Gasteiger partial charge >= 0.3 is 0 Å². The summed E-state index contributed by atoms with van der Waals surface area (Å²) in [5.74, 6) is 1.85. The van der Waals surface area contributed by atoms with Crippen LogP contribution in [0.2, 0.25) is 0 Å². The summed E-state index contributed by atoms with van der Waals surface area (Å²) in [6.07, 6.45) is 2.70. The molecule has 0 aliphatic heterocycles. The molecule has 94 valence electrons. The zero-order chi connectivity index (χ0) is 12.4. The Bertz CT molecular complexity index is 386. The average Bonchev–Trinajstić information content (AvgIpc) is 3.08. The Kier molecular flexibility index (Phi) is 3.67. The number of aliphatic hydroxyl groups is 1. The fraction of sp³-hybridized carbons (Fsp3) is 0.643. The van der Waals surface area contributed by atoms with Crippen molar-refractivity contribution in [3.63, 3.8) is 0 Å². The van der Waals surface area contributed by atoms with E-state index in [1.165, 1.54) is 12.8 Å². The lowest BCUT2D eigenvalue weighted by Crippen LogP contribution is -2.33. The van der Waals surface area contributed by atoms with Crippen molar-refractivity contribution in [2.45, 2.75) is 46.3 Å². The third kappa shape index (κ3) is 3.19. The molecule has 1 N–H and O–H groups in total. The van der Waals surface area contributed by atoms with E-state index < -0.39 is 0 Å². The van der Waals surface area contributed by atoms with E-state index >= 15 is 0 Å². The quantitative estimate of drug-likeness (QED) is 0.850. The van der Waals surface area contributed by atoms with Crippen LogP contribution in [-0.4, -0.2) is 22.7 Å². The van der Waals surface area contributed by atoms with Gasteiger partial charge in [0.15, 0.2) is 0 Å². The molecule has 0 aromatic carbocycles. The first-order valence-electron chi connectivity index (χ1n) is 6.45. The molecule has 0 bridgehead atoms. The van der Waals surface area contributed by atoms with E-state index in [0.29, 0.717) is 6.04 Å². The number of aromatic nitrogens is 1. The van der Waals surface area contributed by atoms with Crippen LogP contribution in [0, 0.1) is 12.8 Å². The van der Waals surface area contributed by atoms with Crippen LogP contribution in [-0.2, 0) is 6.61 Å². The van der Waals surface area contributed by atoms with E-state index in [-0.39, 0.29) is 6.61 Å². The summed E-state index contributed by atoms with van der Waals surface area (Å²) in [4.78, 5) is 6.95. The first-order valence-corrected chi connectivity index (χ1v) is 6.45. The molecule has 1 aromatic rings. The van der Waals surface area contributed by atoms with Crippen LogP contribution in [0.1, 0.15) is 37.9 Å². The third-order valence-electron chi connectivity index (χ3n) is 3.25. The molecule has 3 heteroatoms. The Balaban J connectivity index is 2.23. The largest absolute Gasteiger partial charge is 0.392 e. The smallest absolute Gasteiger partial charge is 0.129 e. The van der Waals surface area contributed by atoms with Crippen LogP contribution in [0.3, 0.4) is 0 Å². The summed E-state index contributed by atoms with van der Waals surface area (Å²) < 4.78 is 0. The second kappa shape index (κ2) is 5.05. The van der Waals surface area contributed by atoms with E-state index in [1.807, 2.05) is 19.1 Å². The maximum Gasteiger partial charge on any atom is 0.129 e. The number of nitrogens with zero attached hydrogens (tertiary/aromatic N) is 2. The van der Waals surface area contributed by atoms with Gasteiger partial charge in [0.2, 0.25) is 0 Å². The first kappa shape index (κ1) is 12.4. The van der Waals surface area contributed by atoms with E-state index in [9.17, 15) is 5.11 Å². The maximum absolute atomic E-state index is 9.25. The normalized spacial score (nSPS) is 15.4. The van der Waals surface area contributed by atoms with Gasteiger partial charge in [-0.05, 0) is 57.2 Å². The molecule has 1 aliphatic carbocycles. The van der Waals surface area contributed by atoms with Crippen LogP contribution in [0.25, 0.3) is 0 Å². The van der Waals surface area contributed by atoms with Gasteiger partial charge in [-0.2, -0.15) is 0 Å². The van der Waals surface area contributed by atoms with Crippen molar-refractivity contribution in [1.29, 1.82) is 0 Å². The van der Waals surface area contributed by atoms with E-state index in [1.54, 1.807) is 0 Å².